The van der Waals surface area contributed by atoms with E-state index >= 15 is 0 Å². The third kappa shape index (κ3) is 4.23. The standard InChI is InChI=1S/C9H18N4O/c1-8(2)10-5-4-6-14-9-11-7-13(3)12-9/h7-8,10H,4-6H2,1-3H3. The normalized spacial score (nSPS) is 10.9. The van der Waals surface area contributed by atoms with E-state index in [0.29, 0.717) is 18.7 Å². The molecule has 1 aromatic rings. The summed E-state index contributed by atoms with van der Waals surface area (Å²) < 4.78 is 6.95. The topological polar surface area (TPSA) is 52.0 Å². The summed E-state index contributed by atoms with van der Waals surface area (Å²) in [6.45, 7) is 5.87. The van der Waals surface area contributed by atoms with Crippen LogP contribution in [0.1, 0.15) is 20.3 Å². The molecule has 0 spiro atoms. The molecule has 0 aliphatic carbocycles. The second kappa shape index (κ2) is 5.59. The first-order chi connectivity index (χ1) is 6.68. The molecule has 1 N–H and O–H groups in total. The lowest BCUT2D eigenvalue weighted by molar-refractivity contribution is 0.282. The van der Waals surface area contributed by atoms with Crippen molar-refractivity contribution in [3.63, 3.8) is 0 Å². The number of hydrogen-bond donors (Lipinski definition) is 1. The van der Waals surface area contributed by atoms with Crippen LogP contribution in [0.2, 0.25) is 0 Å². The van der Waals surface area contributed by atoms with Crippen molar-refractivity contribution in [2.24, 2.45) is 7.05 Å². The molecular weight excluding hydrogens is 180 g/mol. The first-order valence-electron chi connectivity index (χ1n) is 4.90. The lowest BCUT2D eigenvalue weighted by Crippen LogP contribution is -2.24. The molecule has 0 unspecified atom stereocenters. The maximum atomic E-state index is 5.33. The Balaban J connectivity index is 2.04. The van der Waals surface area contributed by atoms with E-state index in [4.69, 9.17) is 4.74 Å². The summed E-state index contributed by atoms with van der Waals surface area (Å²) in [7, 11) is 1.82. The van der Waals surface area contributed by atoms with Gasteiger partial charge in [0.25, 0.3) is 0 Å². The number of rotatable bonds is 6. The lowest BCUT2D eigenvalue weighted by atomic mass is 10.3. The maximum absolute atomic E-state index is 5.33. The van der Waals surface area contributed by atoms with Gasteiger partial charge in [0, 0.05) is 13.1 Å². The predicted octanol–water partition coefficient (Wildman–Crippen LogP) is 0.582. The van der Waals surface area contributed by atoms with E-state index in [1.807, 2.05) is 7.05 Å². The highest BCUT2D eigenvalue weighted by Crippen LogP contribution is 1.98. The summed E-state index contributed by atoms with van der Waals surface area (Å²) in [5.74, 6) is 0. The van der Waals surface area contributed by atoms with Gasteiger partial charge in [0.1, 0.15) is 6.33 Å². The number of aromatic nitrogens is 3. The van der Waals surface area contributed by atoms with E-state index in [1.165, 1.54) is 0 Å². The van der Waals surface area contributed by atoms with E-state index in [9.17, 15) is 0 Å². The Morgan fingerprint density at radius 3 is 2.93 bits per heavy atom. The molecule has 0 saturated heterocycles. The van der Waals surface area contributed by atoms with Gasteiger partial charge in [-0.1, -0.05) is 13.8 Å². The average Bonchev–Trinajstić information content (AvgIpc) is 2.50. The fourth-order valence-electron chi connectivity index (χ4n) is 1.01. The molecule has 0 aliphatic rings. The summed E-state index contributed by atoms with van der Waals surface area (Å²) in [4.78, 5) is 3.96. The van der Waals surface area contributed by atoms with Crippen molar-refractivity contribution in [1.29, 1.82) is 0 Å². The molecule has 0 aromatic carbocycles. The smallest absolute Gasteiger partial charge is 0.335 e. The molecule has 1 rings (SSSR count). The number of aryl methyl sites for hydroxylation is 1. The van der Waals surface area contributed by atoms with E-state index in [2.05, 4.69) is 29.2 Å². The van der Waals surface area contributed by atoms with Crippen LogP contribution in [0.15, 0.2) is 6.33 Å². The third-order valence-electron chi connectivity index (χ3n) is 1.68. The van der Waals surface area contributed by atoms with Crippen molar-refractivity contribution in [2.45, 2.75) is 26.3 Å². The largest absolute Gasteiger partial charge is 0.462 e. The molecule has 80 valence electrons. The Labute approximate surface area is 84.5 Å². The Morgan fingerprint density at radius 1 is 1.57 bits per heavy atom. The third-order valence-corrected chi connectivity index (χ3v) is 1.68. The van der Waals surface area contributed by atoms with Crippen molar-refractivity contribution in [3.05, 3.63) is 6.33 Å². The Kier molecular flexibility index (Phi) is 4.39. The van der Waals surface area contributed by atoms with Crippen LogP contribution < -0.4 is 10.1 Å². The average molecular weight is 198 g/mol. The molecule has 1 aromatic heterocycles. The highest BCUT2D eigenvalue weighted by Gasteiger charge is 1.98. The first-order valence-corrected chi connectivity index (χ1v) is 4.90. The van der Waals surface area contributed by atoms with Gasteiger partial charge < -0.3 is 10.1 Å². The van der Waals surface area contributed by atoms with E-state index < -0.39 is 0 Å². The molecular formula is C9H18N4O. The van der Waals surface area contributed by atoms with Crippen LogP contribution >= 0.6 is 0 Å². The zero-order valence-electron chi connectivity index (χ0n) is 9.03. The Bertz CT molecular complexity index is 259. The van der Waals surface area contributed by atoms with Gasteiger partial charge in [0.05, 0.1) is 6.61 Å². The SMILES string of the molecule is CC(C)NCCCOc1ncn(C)n1. The van der Waals surface area contributed by atoms with Crippen LogP contribution in [0.4, 0.5) is 0 Å². The minimum Gasteiger partial charge on any atom is -0.462 e. The molecule has 0 atom stereocenters. The van der Waals surface area contributed by atoms with Crippen molar-refractivity contribution in [2.75, 3.05) is 13.2 Å². The van der Waals surface area contributed by atoms with Crippen molar-refractivity contribution in [1.82, 2.24) is 20.1 Å². The van der Waals surface area contributed by atoms with Crippen molar-refractivity contribution >= 4 is 0 Å². The first kappa shape index (κ1) is 11.0. The van der Waals surface area contributed by atoms with Crippen LogP contribution in [-0.4, -0.2) is 34.0 Å². The highest BCUT2D eigenvalue weighted by atomic mass is 16.5. The van der Waals surface area contributed by atoms with Crippen LogP contribution in [0.5, 0.6) is 6.01 Å². The molecule has 0 aliphatic heterocycles. The van der Waals surface area contributed by atoms with E-state index in [0.717, 1.165) is 13.0 Å². The summed E-state index contributed by atoms with van der Waals surface area (Å²) in [5, 5.41) is 7.32. The summed E-state index contributed by atoms with van der Waals surface area (Å²) in [6.07, 6.45) is 2.60. The second-order valence-corrected chi connectivity index (χ2v) is 3.51. The number of ether oxygens (including phenoxy) is 1. The quantitative estimate of drug-likeness (QED) is 0.679. The molecule has 0 saturated carbocycles. The molecule has 0 radical (unpaired) electrons. The fraction of sp³-hybridized carbons (Fsp3) is 0.778. The lowest BCUT2D eigenvalue weighted by Gasteiger charge is -2.07. The van der Waals surface area contributed by atoms with Crippen LogP contribution in [0, 0.1) is 0 Å². The van der Waals surface area contributed by atoms with Gasteiger partial charge in [-0.25, -0.2) is 0 Å². The molecule has 5 heteroatoms. The zero-order valence-corrected chi connectivity index (χ0v) is 9.03. The summed E-state index contributed by atoms with van der Waals surface area (Å²) in [6, 6.07) is 0.986. The predicted molar refractivity (Wildman–Crippen MR) is 54.3 cm³/mol. The van der Waals surface area contributed by atoms with Gasteiger partial charge in [0.15, 0.2) is 0 Å². The van der Waals surface area contributed by atoms with E-state index in [-0.39, 0.29) is 0 Å². The van der Waals surface area contributed by atoms with Gasteiger partial charge >= 0.3 is 6.01 Å². The molecule has 0 amide bonds. The van der Waals surface area contributed by atoms with Gasteiger partial charge in [-0.2, -0.15) is 4.98 Å². The minimum absolute atomic E-state index is 0.456. The van der Waals surface area contributed by atoms with Gasteiger partial charge in [-0.3, -0.25) is 4.68 Å². The Morgan fingerprint density at radius 2 is 2.36 bits per heavy atom. The highest BCUT2D eigenvalue weighted by molar-refractivity contribution is 4.86. The van der Waals surface area contributed by atoms with Crippen LogP contribution in [0.3, 0.4) is 0 Å². The number of hydrogen-bond acceptors (Lipinski definition) is 4. The Hall–Kier alpha value is -1.10. The van der Waals surface area contributed by atoms with Crippen LogP contribution in [0.25, 0.3) is 0 Å². The second-order valence-electron chi connectivity index (χ2n) is 3.51. The molecule has 0 fully saturated rings. The fourth-order valence-corrected chi connectivity index (χ4v) is 1.01. The van der Waals surface area contributed by atoms with Gasteiger partial charge in [0.2, 0.25) is 0 Å². The monoisotopic (exact) mass is 198 g/mol. The zero-order chi connectivity index (χ0) is 10.4. The summed E-state index contributed by atoms with van der Waals surface area (Å²) >= 11 is 0. The van der Waals surface area contributed by atoms with E-state index in [1.54, 1.807) is 11.0 Å². The number of nitrogens with one attached hydrogen (secondary N) is 1. The van der Waals surface area contributed by atoms with Gasteiger partial charge in [-0.05, 0) is 13.0 Å². The molecule has 0 bridgehead atoms. The van der Waals surface area contributed by atoms with Crippen LogP contribution in [-0.2, 0) is 7.05 Å². The van der Waals surface area contributed by atoms with Gasteiger partial charge in [-0.15, -0.1) is 5.10 Å². The molecule has 5 nitrogen and oxygen atoms in total. The molecule has 1 heterocycles. The minimum atomic E-state index is 0.456. The van der Waals surface area contributed by atoms with Crippen molar-refractivity contribution < 1.29 is 4.74 Å². The van der Waals surface area contributed by atoms with Crippen molar-refractivity contribution in [3.8, 4) is 6.01 Å². The molecule has 14 heavy (non-hydrogen) atoms. The summed E-state index contributed by atoms with van der Waals surface area (Å²) in [5.41, 5.74) is 0. The maximum Gasteiger partial charge on any atom is 0.335 e. The number of nitrogens with zero attached hydrogens (tertiary/aromatic N) is 3.